The van der Waals surface area contributed by atoms with E-state index in [4.69, 9.17) is 19.3 Å². The molecule has 8 nitrogen and oxygen atoms in total. The Bertz CT molecular complexity index is 1030. The van der Waals surface area contributed by atoms with Gasteiger partial charge in [0.05, 0.1) is 13.4 Å². The van der Waals surface area contributed by atoms with Gasteiger partial charge in [0.25, 0.3) is 11.6 Å². The molecule has 0 amide bonds. The highest BCUT2D eigenvalue weighted by Crippen LogP contribution is 2.26. The third kappa shape index (κ3) is 3.04. The lowest BCUT2D eigenvalue weighted by atomic mass is 10.1. The zero-order chi connectivity index (χ0) is 17.9. The molecular weight excluding hydrogens is 334 g/mol. The number of rotatable bonds is 6. The molecule has 26 heavy (non-hydrogen) atoms. The maximum Gasteiger partial charge on any atom is 0.265 e. The van der Waals surface area contributed by atoms with Crippen LogP contribution in [0.15, 0.2) is 51.5 Å². The van der Waals surface area contributed by atoms with Crippen molar-refractivity contribution < 1.29 is 13.6 Å². The van der Waals surface area contributed by atoms with Crippen LogP contribution >= 0.6 is 0 Å². The molecule has 0 fully saturated rings. The van der Waals surface area contributed by atoms with Gasteiger partial charge in [-0.05, 0) is 30.2 Å². The summed E-state index contributed by atoms with van der Waals surface area (Å²) < 4.78 is 16.3. The highest BCUT2D eigenvalue weighted by Gasteiger charge is 2.16. The van der Waals surface area contributed by atoms with Crippen LogP contribution in [-0.4, -0.2) is 28.6 Å². The summed E-state index contributed by atoms with van der Waals surface area (Å²) >= 11 is 0. The van der Waals surface area contributed by atoms with Crippen molar-refractivity contribution in [1.29, 1.82) is 0 Å². The number of oxazole rings is 1. The molecule has 3 heterocycles. The van der Waals surface area contributed by atoms with Crippen molar-refractivity contribution in [3.63, 3.8) is 0 Å². The van der Waals surface area contributed by atoms with E-state index in [1.54, 1.807) is 25.5 Å². The number of hydrogen-bond acceptors (Lipinski definition) is 8. The van der Waals surface area contributed by atoms with Gasteiger partial charge in [0.15, 0.2) is 17.1 Å². The highest BCUT2D eigenvalue weighted by molar-refractivity contribution is 5.82. The number of furan rings is 1. The zero-order valence-corrected chi connectivity index (χ0v) is 14.1. The Morgan fingerprint density at radius 1 is 1.12 bits per heavy atom. The van der Waals surface area contributed by atoms with E-state index in [2.05, 4.69) is 20.3 Å². The lowest BCUT2D eigenvalue weighted by Crippen LogP contribution is -2.09. The minimum Gasteiger partial charge on any atom is -0.496 e. The van der Waals surface area contributed by atoms with E-state index in [0.29, 0.717) is 35.4 Å². The summed E-state index contributed by atoms with van der Waals surface area (Å²) in [4.78, 5) is 12.9. The summed E-state index contributed by atoms with van der Waals surface area (Å²) in [5.41, 5.74) is 7.80. The number of hydrogen-bond donors (Lipinski definition) is 2. The lowest BCUT2D eigenvalue weighted by molar-refractivity contribution is 0.410. The van der Waals surface area contributed by atoms with E-state index in [1.807, 2.05) is 24.3 Å². The predicted octanol–water partition coefficient (Wildman–Crippen LogP) is 3.12. The van der Waals surface area contributed by atoms with Gasteiger partial charge in [-0.3, -0.25) is 0 Å². The number of fused-ring (bicyclic) bond motifs is 1. The average Bonchev–Trinajstić information content (AvgIpc) is 3.31. The van der Waals surface area contributed by atoms with Gasteiger partial charge < -0.3 is 24.6 Å². The van der Waals surface area contributed by atoms with Crippen LogP contribution in [0.3, 0.4) is 0 Å². The minimum atomic E-state index is 0.247. The Morgan fingerprint density at radius 3 is 2.81 bits per heavy atom. The van der Waals surface area contributed by atoms with Crippen LogP contribution in [0, 0.1) is 0 Å². The van der Waals surface area contributed by atoms with E-state index >= 15 is 0 Å². The number of nitrogens with one attached hydrogen (secondary N) is 1. The summed E-state index contributed by atoms with van der Waals surface area (Å²) in [6, 6.07) is 11.4. The van der Waals surface area contributed by atoms with Crippen molar-refractivity contribution in [3.8, 4) is 17.4 Å². The van der Waals surface area contributed by atoms with Crippen molar-refractivity contribution in [2.75, 3.05) is 24.7 Å². The normalized spacial score (nSPS) is 11.0. The van der Waals surface area contributed by atoms with E-state index in [1.165, 1.54) is 0 Å². The molecule has 0 saturated heterocycles. The van der Waals surface area contributed by atoms with Gasteiger partial charge in [-0.2, -0.15) is 9.97 Å². The molecule has 0 aliphatic carbocycles. The maximum absolute atomic E-state index is 5.99. The Hall–Kier alpha value is -3.55. The molecule has 3 aromatic heterocycles. The molecule has 0 atom stereocenters. The average molecular weight is 351 g/mol. The van der Waals surface area contributed by atoms with E-state index in [-0.39, 0.29) is 5.82 Å². The quantitative estimate of drug-likeness (QED) is 0.545. The zero-order valence-electron chi connectivity index (χ0n) is 14.1. The number of benzene rings is 1. The molecule has 0 bridgehead atoms. The van der Waals surface area contributed by atoms with Gasteiger partial charge in [-0.1, -0.05) is 18.2 Å². The monoisotopic (exact) mass is 351 g/mol. The second-order valence-electron chi connectivity index (χ2n) is 5.57. The van der Waals surface area contributed by atoms with Gasteiger partial charge in [-0.15, -0.1) is 0 Å². The molecule has 0 radical (unpaired) electrons. The number of ether oxygens (including phenoxy) is 1. The summed E-state index contributed by atoms with van der Waals surface area (Å²) in [7, 11) is 1.66. The first-order valence-electron chi connectivity index (χ1n) is 8.08. The van der Waals surface area contributed by atoms with Crippen LogP contribution < -0.4 is 15.8 Å². The van der Waals surface area contributed by atoms with Crippen molar-refractivity contribution in [3.05, 3.63) is 48.2 Å². The fourth-order valence-electron chi connectivity index (χ4n) is 2.65. The second kappa shape index (κ2) is 6.75. The van der Waals surface area contributed by atoms with Crippen LogP contribution in [0.5, 0.6) is 5.75 Å². The van der Waals surface area contributed by atoms with Crippen LogP contribution in [0.4, 0.5) is 11.8 Å². The topological polar surface area (TPSA) is 112 Å². The van der Waals surface area contributed by atoms with Crippen molar-refractivity contribution in [2.45, 2.75) is 6.42 Å². The summed E-state index contributed by atoms with van der Waals surface area (Å²) in [6.45, 7) is 0.616. The maximum atomic E-state index is 5.99. The Kier molecular flexibility index (Phi) is 4.14. The first-order valence-corrected chi connectivity index (χ1v) is 8.08. The third-order valence-corrected chi connectivity index (χ3v) is 3.89. The first kappa shape index (κ1) is 15.9. The van der Waals surface area contributed by atoms with E-state index < -0.39 is 0 Å². The molecule has 0 aliphatic heterocycles. The number of methoxy groups -OCH3 is 1. The molecule has 132 valence electrons. The van der Waals surface area contributed by atoms with Gasteiger partial charge >= 0.3 is 0 Å². The van der Waals surface area contributed by atoms with E-state index in [0.717, 1.165) is 17.7 Å². The molecule has 8 heteroatoms. The number of nitrogens with zero attached hydrogens (tertiary/aromatic N) is 3. The third-order valence-electron chi connectivity index (χ3n) is 3.89. The number of aromatic nitrogens is 3. The Balaban J connectivity index is 1.52. The molecule has 0 saturated carbocycles. The first-order chi connectivity index (χ1) is 12.7. The van der Waals surface area contributed by atoms with Crippen LogP contribution in [0.2, 0.25) is 0 Å². The van der Waals surface area contributed by atoms with Gasteiger partial charge in [0.1, 0.15) is 5.75 Å². The van der Waals surface area contributed by atoms with Crippen molar-refractivity contribution in [1.82, 2.24) is 15.0 Å². The molecule has 0 unspecified atom stereocenters. The van der Waals surface area contributed by atoms with Gasteiger partial charge in [0.2, 0.25) is 5.95 Å². The summed E-state index contributed by atoms with van der Waals surface area (Å²) in [5.74, 6) is 2.30. The SMILES string of the molecule is COc1ccccc1CCNc1nc(N)c2nc(-c3ccco3)oc2n1. The van der Waals surface area contributed by atoms with Crippen LogP contribution in [0.1, 0.15) is 5.56 Å². The number of para-hydroxylation sites is 1. The van der Waals surface area contributed by atoms with Gasteiger partial charge in [-0.25, -0.2) is 4.98 Å². The smallest absolute Gasteiger partial charge is 0.265 e. The summed E-state index contributed by atoms with van der Waals surface area (Å²) in [6.07, 6.45) is 2.30. The number of nitrogen functional groups attached to an aromatic ring is 1. The van der Waals surface area contributed by atoms with Gasteiger partial charge in [0, 0.05) is 6.54 Å². The summed E-state index contributed by atoms with van der Waals surface area (Å²) in [5, 5.41) is 3.15. The molecule has 3 N–H and O–H groups in total. The fraction of sp³-hybridized carbons (Fsp3) is 0.167. The van der Waals surface area contributed by atoms with Crippen LogP contribution in [-0.2, 0) is 6.42 Å². The number of anilines is 2. The van der Waals surface area contributed by atoms with Crippen molar-refractivity contribution in [2.24, 2.45) is 0 Å². The Morgan fingerprint density at radius 2 is 2.00 bits per heavy atom. The predicted molar refractivity (Wildman–Crippen MR) is 96.9 cm³/mol. The van der Waals surface area contributed by atoms with E-state index in [9.17, 15) is 0 Å². The lowest BCUT2D eigenvalue weighted by Gasteiger charge is -2.09. The highest BCUT2D eigenvalue weighted by atomic mass is 16.5. The minimum absolute atomic E-state index is 0.247. The van der Waals surface area contributed by atoms with Crippen LogP contribution in [0.25, 0.3) is 22.9 Å². The fourth-order valence-corrected chi connectivity index (χ4v) is 2.65. The van der Waals surface area contributed by atoms with Crippen molar-refractivity contribution >= 4 is 23.0 Å². The molecule has 4 rings (SSSR count). The second-order valence-corrected chi connectivity index (χ2v) is 5.57. The Labute approximate surface area is 149 Å². The number of nitrogens with two attached hydrogens (primary N) is 1. The standard InChI is InChI=1S/C18H17N5O3/c1-24-12-6-3-2-5-11(12)8-9-20-18-22-15(19)14-17(23-18)26-16(21-14)13-7-4-10-25-13/h2-7,10H,8-9H2,1H3,(H3,19,20,22,23). The molecule has 1 aromatic carbocycles. The molecule has 0 aliphatic rings. The largest absolute Gasteiger partial charge is 0.496 e. The molecule has 0 spiro atoms. The molecular formula is C18H17N5O3. The molecule has 4 aromatic rings.